The minimum Gasteiger partial charge on any atom is -0.379 e. The minimum atomic E-state index is -0.208. The molecule has 0 aromatic heterocycles. The van der Waals surface area contributed by atoms with Crippen molar-refractivity contribution in [2.75, 3.05) is 7.11 Å². The Hall–Kier alpha value is -0.410. The zero-order chi connectivity index (χ0) is 6.85. The van der Waals surface area contributed by atoms with Gasteiger partial charge in [0, 0.05) is 7.11 Å². The van der Waals surface area contributed by atoms with E-state index in [0.717, 1.165) is 6.29 Å². The van der Waals surface area contributed by atoms with Gasteiger partial charge in [-0.05, 0) is 6.92 Å². The lowest BCUT2D eigenvalue weighted by Crippen LogP contribution is -2.15. The molecule has 0 radical (unpaired) electrons. The first-order valence-corrected chi connectivity index (χ1v) is 2.93. The molecule has 1 aliphatic heterocycles. The zero-order valence-corrected chi connectivity index (χ0v) is 5.53. The smallest absolute Gasteiger partial charge is 0.151 e. The van der Waals surface area contributed by atoms with Crippen molar-refractivity contribution >= 4 is 6.29 Å². The summed E-state index contributed by atoms with van der Waals surface area (Å²) in [6.07, 6.45) is 0.646. The van der Waals surface area contributed by atoms with Gasteiger partial charge in [-0.15, -0.1) is 0 Å². The summed E-state index contributed by atoms with van der Waals surface area (Å²) >= 11 is 0. The lowest BCUT2D eigenvalue weighted by molar-refractivity contribution is -0.108. The predicted octanol–water partition coefficient (Wildman–Crippen LogP) is -0.0124. The van der Waals surface area contributed by atoms with Gasteiger partial charge in [0.05, 0.1) is 6.10 Å². The highest BCUT2D eigenvalue weighted by molar-refractivity contribution is 5.60. The molecular formula is C6H10O3. The Balaban J connectivity index is 2.24. The van der Waals surface area contributed by atoms with Crippen LogP contribution >= 0.6 is 0 Å². The molecule has 3 heteroatoms. The molecular weight excluding hydrogens is 120 g/mol. The molecule has 0 unspecified atom stereocenters. The molecule has 52 valence electrons. The number of methoxy groups -OCH3 is 1. The first-order chi connectivity index (χ1) is 4.29. The van der Waals surface area contributed by atoms with Crippen molar-refractivity contribution in [3.8, 4) is 0 Å². The Bertz CT molecular complexity index is 113. The standard InChI is InChI=1S/C6H10O3/c1-4(8-2)6-5(3-7)9-6/h3-6H,1-2H3/t4-,5-,6-/m0/s1. The van der Waals surface area contributed by atoms with Gasteiger partial charge < -0.3 is 14.3 Å². The van der Waals surface area contributed by atoms with Gasteiger partial charge in [0.25, 0.3) is 0 Å². The molecule has 0 aromatic rings. The molecule has 0 N–H and O–H groups in total. The van der Waals surface area contributed by atoms with Crippen LogP contribution in [0.15, 0.2) is 0 Å². The van der Waals surface area contributed by atoms with E-state index in [4.69, 9.17) is 9.47 Å². The average Bonchev–Trinajstić information content (AvgIpc) is 2.64. The van der Waals surface area contributed by atoms with Crippen molar-refractivity contribution in [2.24, 2.45) is 0 Å². The fourth-order valence-electron chi connectivity index (χ4n) is 0.757. The fraction of sp³-hybridized carbons (Fsp3) is 0.833. The van der Waals surface area contributed by atoms with Gasteiger partial charge in [0.15, 0.2) is 6.29 Å². The van der Waals surface area contributed by atoms with Crippen LogP contribution in [0.2, 0.25) is 0 Å². The molecule has 1 heterocycles. The van der Waals surface area contributed by atoms with Crippen molar-refractivity contribution in [2.45, 2.75) is 25.2 Å². The molecule has 3 nitrogen and oxygen atoms in total. The monoisotopic (exact) mass is 130 g/mol. The molecule has 1 rings (SSSR count). The predicted molar refractivity (Wildman–Crippen MR) is 31.2 cm³/mol. The fourth-order valence-corrected chi connectivity index (χ4v) is 0.757. The molecule has 0 spiro atoms. The SMILES string of the molecule is CO[C@@H](C)[C@@H]1O[C@H]1C=O. The van der Waals surface area contributed by atoms with E-state index in [1.165, 1.54) is 0 Å². The van der Waals surface area contributed by atoms with Crippen LogP contribution in [-0.2, 0) is 14.3 Å². The number of hydrogen-bond acceptors (Lipinski definition) is 3. The van der Waals surface area contributed by atoms with Gasteiger partial charge in [-0.25, -0.2) is 0 Å². The summed E-state index contributed by atoms with van der Waals surface area (Å²) in [4.78, 5) is 10.0. The molecule has 1 fully saturated rings. The van der Waals surface area contributed by atoms with E-state index in [0.29, 0.717) is 0 Å². The number of ether oxygens (including phenoxy) is 2. The molecule has 0 bridgehead atoms. The minimum absolute atomic E-state index is 0.00694. The Kier molecular flexibility index (Phi) is 1.83. The number of carbonyl (C=O) groups excluding carboxylic acids is 1. The largest absolute Gasteiger partial charge is 0.379 e. The van der Waals surface area contributed by atoms with E-state index in [1.807, 2.05) is 6.92 Å². The summed E-state index contributed by atoms with van der Waals surface area (Å²) in [6.45, 7) is 1.88. The second kappa shape index (κ2) is 2.45. The molecule has 1 saturated heterocycles. The van der Waals surface area contributed by atoms with Gasteiger partial charge in [-0.1, -0.05) is 0 Å². The van der Waals surface area contributed by atoms with E-state index in [2.05, 4.69) is 0 Å². The van der Waals surface area contributed by atoms with Crippen LogP contribution in [0.1, 0.15) is 6.92 Å². The van der Waals surface area contributed by atoms with Crippen molar-refractivity contribution in [1.82, 2.24) is 0 Å². The van der Waals surface area contributed by atoms with Gasteiger partial charge >= 0.3 is 0 Å². The van der Waals surface area contributed by atoms with Crippen LogP contribution in [0, 0.1) is 0 Å². The molecule has 0 aromatic carbocycles. The highest BCUT2D eigenvalue weighted by Crippen LogP contribution is 2.24. The number of epoxide rings is 1. The van der Waals surface area contributed by atoms with Gasteiger partial charge in [0.1, 0.15) is 12.2 Å². The molecule has 1 aliphatic rings. The van der Waals surface area contributed by atoms with E-state index >= 15 is 0 Å². The van der Waals surface area contributed by atoms with Crippen LogP contribution in [0.5, 0.6) is 0 Å². The van der Waals surface area contributed by atoms with Gasteiger partial charge in [-0.2, -0.15) is 0 Å². The third-order valence-corrected chi connectivity index (χ3v) is 1.53. The van der Waals surface area contributed by atoms with Crippen molar-refractivity contribution in [3.63, 3.8) is 0 Å². The quantitative estimate of drug-likeness (QED) is 0.398. The Morgan fingerprint density at radius 3 is 2.78 bits per heavy atom. The van der Waals surface area contributed by atoms with Crippen LogP contribution in [0.4, 0.5) is 0 Å². The second-order valence-electron chi connectivity index (χ2n) is 2.14. The number of hydrogen-bond donors (Lipinski definition) is 0. The maximum atomic E-state index is 10.0. The summed E-state index contributed by atoms with van der Waals surface area (Å²) in [5, 5.41) is 0. The molecule has 0 amide bonds. The van der Waals surface area contributed by atoms with E-state index in [1.54, 1.807) is 7.11 Å². The normalized spacial score (nSPS) is 35.8. The van der Waals surface area contributed by atoms with E-state index in [9.17, 15) is 4.79 Å². The van der Waals surface area contributed by atoms with Crippen LogP contribution in [0.25, 0.3) is 0 Å². The van der Waals surface area contributed by atoms with E-state index in [-0.39, 0.29) is 18.3 Å². The topological polar surface area (TPSA) is 38.8 Å². The first-order valence-electron chi connectivity index (χ1n) is 2.93. The van der Waals surface area contributed by atoms with Crippen molar-refractivity contribution in [3.05, 3.63) is 0 Å². The van der Waals surface area contributed by atoms with Crippen molar-refractivity contribution in [1.29, 1.82) is 0 Å². The molecule has 0 aliphatic carbocycles. The lowest BCUT2D eigenvalue weighted by atomic mass is 10.2. The maximum absolute atomic E-state index is 10.0. The molecule has 3 atom stereocenters. The summed E-state index contributed by atoms with van der Waals surface area (Å²) < 4.78 is 9.85. The van der Waals surface area contributed by atoms with Crippen LogP contribution < -0.4 is 0 Å². The Morgan fingerprint density at radius 2 is 2.44 bits per heavy atom. The average molecular weight is 130 g/mol. The number of rotatable bonds is 3. The summed E-state index contributed by atoms with van der Waals surface area (Å²) in [6, 6.07) is 0. The Labute approximate surface area is 53.9 Å². The van der Waals surface area contributed by atoms with Crippen LogP contribution in [-0.4, -0.2) is 31.7 Å². The summed E-state index contributed by atoms with van der Waals surface area (Å²) in [5.41, 5.74) is 0. The summed E-state index contributed by atoms with van der Waals surface area (Å²) in [7, 11) is 1.61. The molecule has 9 heavy (non-hydrogen) atoms. The number of aldehydes is 1. The van der Waals surface area contributed by atoms with Crippen LogP contribution in [0.3, 0.4) is 0 Å². The second-order valence-corrected chi connectivity index (χ2v) is 2.14. The highest BCUT2D eigenvalue weighted by atomic mass is 16.6. The zero-order valence-electron chi connectivity index (χ0n) is 5.53. The third-order valence-electron chi connectivity index (χ3n) is 1.53. The van der Waals surface area contributed by atoms with Gasteiger partial charge in [0.2, 0.25) is 0 Å². The lowest BCUT2D eigenvalue weighted by Gasteiger charge is -2.02. The maximum Gasteiger partial charge on any atom is 0.151 e. The van der Waals surface area contributed by atoms with Crippen molar-refractivity contribution < 1.29 is 14.3 Å². The first kappa shape index (κ1) is 6.71. The van der Waals surface area contributed by atoms with E-state index < -0.39 is 0 Å². The molecule has 0 saturated carbocycles. The summed E-state index contributed by atoms with van der Waals surface area (Å²) in [5.74, 6) is 0. The third kappa shape index (κ3) is 1.28. The van der Waals surface area contributed by atoms with Gasteiger partial charge in [-0.3, -0.25) is 0 Å². The highest BCUT2D eigenvalue weighted by Gasteiger charge is 2.42. The number of carbonyl (C=O) groups is 1. The Morgan fingerprint density at radius 1 is 1.78 bits per heavy atom.